The predicted octanol–water partition coefficient (Wildman–Crippen LogP) is 3.35. The Labute approximate surface area is 137 Å². The van der Waals surface area contributed by atoms with Crippen LogP contribution in [0.15, 0.2) is 52.2 Å². The molecule has 0 spiro atoms. The number of nitrogens with one attached hydrogen (secondary N) is 1. The highest BCUT2D eigenvalue weighted by Crippen LogP contribution is 2.25. The van der Waals surface area contributed by atoms with Gasteiger partial charge >= 0.3 is 0 Å². The van der Waals surface area contributed by atoms with Crippen LogP contribution in [0.1, 0.15) is 6.92 Å². The molecule has 7 heteroatoms. The number of nitrogens with zero attached hydrogens (tertiary/aromatic N) is 2. The van der Waals surface area contributed by atoms with Gasteiger partial charge in [-0.2, -0.15) is 4.98 Å². The quantitative estimate of drug-likeness (QED) is 0.699. The number of amides is 1. The summed E-state index contributed by atoms with van der Waals surface area (Å²) in [4.78, 5) is 20.4. The lowest BCUT2D eigenvalue weighted by atomic mass is 10.3. The molecule has 0 aliphatic heterocycles. The van der Waals surface area contributed by atoms with Gasteiger partial charge in [-0.3, -0.25) is 4.79 Å². The SMILES string of the molecule is CCOc1ccccc1NC(=O)CSc1nc2ncccc2o1. The highest BCUT2D eigenvalue weighted by molar-refractivity contribution is 7.99. The number of benzene rings is 1. The molecule has 2 aromatic heterocycles. The van der Waals surface area contributed by atoms with Crippen molar-refractivity contribution in [3.8, 4) is 5.75 Å². The fraction of sp³-hybridized carbons (Fsp3) is 0.188. The molecule has 1 amide bonds. The Morgan fingerprint density at radius 3 is 3.00 bits per heavy atom. The Kier molecular flexibility index (Phi) is 4.77. The van der Waals surface area contributed by atoms with E-state index in [-0.39, 0.29) is 11.7 Å². The van der Waals surface area contributed by atoms with Crippen LogP contribution in [-0.2, 0) is 4.79 Å². The second kappa shape index (κ2) is 7.15. The van der Waals surface area contributed by atoms with Gasteiger partial charge in [0.2, 0.25) is 5.91 Å². The number of carbonyl (C=O) groups is 1. The third kappa shape index (κ3) is 3.81. The minimum Gasteiger partial charge on any atom is -0.492 e. The van der Waals surface area contributed by atoms with E-state index >= 15 is 0 Å². The molecule has 0 bridgehead atoms. The molecule has 1 N–H and O–H groups in total. The monoisotopic (exact) mass is 329 g/mol. The summed E-state index contributed by atoms with van der Waals surface area (Å²) in [5.41, 5.74) is 1.80. The van der Waals surface area contributed by atoms with Crippen molar-refractivity contribution < 1.29 is 13.9 Å². The van der Waals surface area contributed by atoms with Crippen molar-refractivity contribution in [1.82, 2.24) is 9.97 Å². The number of oxazole rings is 1. The Hall–Kier alpha value is -2.54. The van der Waals surface area contributed by atoms with Gasteiger partial charge in [-0.05, 0) is 31.2 Å². The van der Waals surface area contributed by atoms with Crippen LogP contribution in [0, 0.1) is 0 Å². The van der Waals surface area contributed by atoms with Crippen molar-refractivity contribution in [1.29, 1.82) is 0 Å². The average molecular weight is 329 g/mol. The van der Waals surface area contributed by atoms with Crippen LogP contribution < -0.4 is 10.1 Å². The number of para-hydroxylation sites is 2. The molecule has 0 atom stereocenters. The minimum absolute atomic E-state index is 0.155. The van der Waals surface area contributed by atoms with E-state index in [1.54, 1.807) is 24.4 Å². The average Bonchev–Trinajstić information content (AvgIpc) is 2.98. The summed E-state index contributed by atoms with van der Waals surface area (Å²) in [5, 5.41) is 3.25. The zero-order valence-electron chi connectivity index (χ0n) is 12.5. The summed E-state index contributed by atoms with van der Waals surface area (Å²) in [5.74, 6) is 0.685. The fourth-order valence-electron chi connectivity index (χ4n) is 1.98. The minimum atomic E-state index is -0.155. The van der Waals surface area contributed by atoms with E-state index in [0.717, 1.165) is 0 Å². The van der Waals surface area contributed by atoms with Gasteiger partial charge in [0.05, 0.1) is 18.0 Å². The Morgan fingerprint density at radius 2 is 2.17 bits per heavy atom. The zero-order chi connectivity index (χ0) is 16.1. The largest absolute Gasteiger partial charge is 0.492 e. The number of aromatic nitrogens is 2. The Balaban J connectivity index is 1.61. The number of carbonyl (C=O) groups excluding carboxylic acids is 1. The van der Waals surface area contributed by atoms with Crippen LogP contribution in [0.25, 0.3) is 11.2 Å². The topological polar surface area (TPSA) is 77.2 Å². The second-order valence-electron chi connectivity index (χ2n) is 4.57. The van der Waals surface area contributed by atoms with Crippen molar-refractivity contribution >= 4 is 34.6 Å². The van der Waals surface area contributed by atoms with E-state index in [0.29, 0.717) is 34.5 Å². The summed E-state index contributed by atoms with van der Waals surface area (Å²) in [6.45, 7) is 2.44. The number of hydrogen-bond acceptors (Lipinski definition) is 6. The van der Waals surface area contributed by atoms with Crippen LogP contribution in [0.2, 0.25) is 0 Å². The maximum atomic E-state index is 12.1. The standard InChI is InChI=1S/C16H15N3O3S/c1-2-21-12-7-4-3-6-11(12)18-14(20)10-23-16-19-15-13(22-16)8-5-9-17-15/h3-9H,2,10H2,1H3,(H,18,20). The van der Waals surface area contributed by atoms with Gasteiger partial charge in [0.1, 0.15) is 5.75 Å². The molecule has 6 nitrogen and oxygen atoms in total. The van der Waals surface area contributed by atoms with Crippen molar-refractivity contribution in [2.24, 2.45) is 0 Å². The summed E-state index contributed by atoms with van der Waals surface area (Å²) < 4.78 is 11.0. The van der Waals surface area contributed by atoms with E-state index in [1.165, 1.54) is 11.8 Å². The van der Waals surface area contributed by atoms with Gasteiger partial charge in [0, 0.05) is 6.20 Å². The van der Waals surface area contributed by atoms with E-state index in [4.69, 9.17) is 9.15 Å². The lowest BCUT2D eigenvalue weighted by Gasteiger charge is -2.10. The number of anilines is 1. The zero-order valence-corrected chi connectivity index (χ0v) is 13.3. The summed E-state index contributed by atoms with van der Waals surface area (Å²) >= 11 is 1.22. The molecule has 0 unspecified atom stereocenters. The van der Waals surface area contributed by atoms with Gasteiger partial charge in [-0.15, -0.1) is 0 Å². The predicted molar refractivity (Wildman–Crippen MR) is 88.8 cm³/mol. The lowest BCUT2D eigenvalue weighted by molar-refractivity contribution is -0.113. The third-order valence-electron chi connectivity index (χ3n) is 2.93. The smallest absolute Gasteiger partial charge is 0.258 e. The molecule has 118 valence electrons. The molecule has 0 radical (unpaired) electrons. The van der Waals surface area contributed by atoms with Gasteiger partial charge < -0.3 is 14.5 Å². The van der Waals surface area contributed by atoms with Crippen LogP contribution in [0.4, 0.5) is 5.69 Å². The molecule has 0 aliphatic rings. The molecule has 0 saturated carbocycles. The van der Waals surface area contributed by atoms with Crippen LogP contribution in [0.3, 0.4) is 0 Å². The van der Waals surface area contributed by atoms with Crippen molar-refractivity contribution in [2.45, 2.75) is 12.1 Å². The molecule has 0 saturated heterocycles. The first-order chi connectivity index (χ1) is 11.3. The second-order valence-corrected chi connectivity index (χ2v) is 5.50. The van der Waals surface area contributed by atoms with Crippen molar-refractivity contribution in [2.75, 3.05) is 17.7 Å². The number of pyridine rings is 1. The number of rotatable bonds is 6. The van der Waals surface area contributed by atoms with E-state index in [9.17, 15) is 4.79 Å². The molecule has 0 fully saturated rings. The Morgan fingerprint density at radius 1 is 1.30 bits per heavy atom. The van der Waals surface area contributed by atoms with E-state index < -0.39 is 0 Å². The van der Waals surface area contributed by atoms with Gasteiger partial charge in [0.25, 0.3) is 5.22 Å². The molecule has 23 heavy (non-hydrogen) atoms. The summed E-state index contributed by atoms with van der Waals surface area (Å²) in [6, 6.07) is 10.9. The number of thioether (sulfide) groups is 1. The van der Waals surface area contributed by atoms with Crippen LogP contribution in [-0.4, -0.2) is 28.2 Å². The van der Waals surface area contributed by atoms with Gasteiger partial charge in [0.15, 0.2) is 11.2 Å². The first kappa shape index (κ1) is 15.4. The highest BCUT2D eigenvalue weighted by Gasteiger charge is 2.11. The van der Waals surface area contributed by atoms with Crippen molar-refractivity contribution in [3.05, 3.63) is 42.6 Å². The molecule has 2 heterocycles. The molecular weight excluding hydrogens is 314 g/mol. The third-order valence-corrected chi connectivity index (χ3v) is 3.76. The molecule has 3 rings (SSSR count). The van der Waals surface area contributed by atoms with Crippen LogP contribution in [0.5, 0.6) is 5.75 Å². The first-order valence-corrected chi connectivity index (χ1v) is 8.11. The molecule has 1 aromatic carbocycles. The molecule has 0 aliphatic carbocycles. The number of hydrogen-bond donors (Lipinski definition) is 1. The summed E-state index contributed by atoms with van der Waals surface area (Å²) in [7, 11) is 0. The highest BCUT2D eigenvalue weighted by atomic mass is 32.2. The maximum absolute atomic E-state index is 12.1. The normalized spacial score (nSPS) is 10.7. The van der Waals surface area contributed by atoms with E-state index in [2.05, 4.69) is 15.3 Å². The van der Waals surface area contributed by atoms with E-state index in [1.807, 2.05) is 25.1 Å². The Bertz CT molecular complexity index is 786. The van der Waals surface area contributed by atoms with Gasteiger partial charge in [-0.25, -0.2) is 4.98 Å². The molecule has 3 aromatic rings. The summed E-state index contributed by atoms with van der Waals surface area (Å²) in [6.07, 6.45) is 1.65. The first-order valence-electron chi connectivity index (χ1n) is 7.12. The molecular formula is C16H15N3O3S. The fourth-order valence-corrected chi connectivity index (χ4v) is 2.60. The lowest BCUT2D eigenvalue weighted by Crippen LogP contribution is -2.14. The van der Waals surface area contributed by atoms with Crippen LogP contribution >= 0.6 is 11.8 Å². The van der Waals surface area contributed by atoms with Gasteiger partial charge in [-0.1, -0.05) is 23.9 Å². The maximum Gasteiger partial charge on any atom is 0.258 e. The number of fused-ring (bicyclic) bond motifs is 1. The number of ether oxygens (including phenoxy) is 1. The van der Waals surface area contributed by atoms with Crippen molar-refractivity contribution in [3.63, 3.8) is 0 Å².